The van der Waals surface area contributed by atoms with E-state index in [0.717, 1.165) is 29.9 Å². The molecular weight excluding hydrogens is 188 g/mol. The Hall–Kier alpha value is -1.42. The van der Waals surface area contributed by atoms with Gasteiger partial charge >= 0.3 is 0 Å². The lowest BCUT2D eigenvalue weighted by Crippen LogP contribution is -2.15. The molecule has 15 heavy (non-hydrogen) atoms. The molecule has 2 heterocycles. The summed E-state index contributed by atoms with van der Waals surface area (Å²) in [7, 11) is 0. The molecule has 0 fully saturated rings. The van der Waals surface area contributed by atoms with Crippen molar-refractivity contribution in [2.24, 2.45) is 5.73 Å². The number of aryl methyl sites for hydroxylation is 2. The van der Waals surface area contributed by atoms with Gasteiger partial charge in [-0.25, -0.2) is 9.50 Å². The second-order valence-corrected chi connectivity index (χ2v) is 4.00. The maximum Gasteiger partial charge on any atom is 0.158 e. The summed E-state index contributed by atoms with van der Waals surface area (Å²) in [6, 6.07) is 4.23. The molecule has 2 N–H and O–H groups in total. The average Bonchev–Trinajstić information content (AvgIpc) is 2.59. The number of pyridine rings is 1. The third-order valence-electron chi connectivity index (χ3n) is 2.42. The molecule has 2 aromatic rings. The summed E-state index contributed by atoms with van der Waals surface area (Å²) in [5.41, 5.74) is 7.79. The number of aromatic nitrogens is 3. The first-order chi connectivity index (χ1) is 7.16. The Balaban J connectivity index is 2.27. The largest absolute Gasteiger partial charge is 0.328 e. The van der Waals surface area contributed by atoms with Gasteiger partial charge in [0.15, 0.2) is 11.5 Å². The Morgan fingerprint density at radius 3 is 3.00 bits per heavy atom. The molecule has 0 aliphatic rings. The highest BCUT2D eigenvalue weighted by atomic mass is 15.3. The van der Waals surface area contributed by atoms with E-state index in [2.05, 4.69) is 10.1 Å². The molecule has 0 radical (unpaired) electrons. The molecule has 2 aromatic heterocycles. The molecule has 0 amide bonds. The number of fused-ring (bicyclic) bond motifs is 1. The fraction of sp³-hybridized carbons (Fsp3) is 0.455. The Morgan fingerprint density at radius 2 is 2.33 bits per heavy atom. The van der Waals surface area contributed by atoms with Gasteiger partial charge in [-0.3, -0.25) is 0 Å². The summed E-state index contributed by atoms with van der Waals surface area (Å²) in [5.74, 6) is 0.876. The van der Waals surface area contributed by atoms with E-state index >= 15 is 0 Å². The van der Waals surface area contributed by atoms with Gasteiger partial charge in [-0.15, -0.1) is 0 Å². The standard InChI is InChI=1S/C11H16N4/c1-8-4-3-7-15-11(8)13-10(14-15)6-5-9(2)12/h3-4,7,9H,5-6,12H2,1-2H3. The van der Waals surface area contributed by atoms with Gasteiger partial charge in [0.2, 0.25) is 0 Å². The van der Waals surface area contributed by atoms with Crippen LogP contribution >= 0.6 is 0 Å². The molecule has 1 unspecified atom stereocenters. The Labute approximate surface area is 89.1 Å². The number of hydrogen-bond donors (Lipinski definition) is 1. The number of nitrogens with two attached hydrogens (primary N) is 1. The monoisotopic (exact) mass is 204 g/mol. The smallest absolute Gasteiger partial charge is 0.158 e. The van der Waals surface area contributed by atoms with Crippen molar-refractivity contribution >= 4 is 5.65 Å². The Kier molecular flexibility index (Phi) is 2.68. The fourth-order valence-corrected chi connectivity index (χ4v) is 1.55. The number of nitrogens with zero attached hydrogens (tertiary/aromatic N) is 3. The van der Waals surface area contributed by atoms with E-state index in [-0.39, 0.29) is 6.04 Å². The van der Waals surface area contributed by atoms with Crippen LogP contribution in [0.1, 0.15) is 24.7 Å². The first-order valence-corrected chi connectivity index (χ1v) is 5.23. The van der Waals surface area contributed by atoms with Crippen molar-refractivity contribution in [1.29, 1.82) is 0 Å². The summed E-state index contributed by atoms with van der Waals surface area (Å²) in [6.07, 6.45) is 3.69. The molecule has 0 saturated heterocycles. The highest BCUT2D eigenvalue weighted by molar-refractivity contribution is 5.45. The molecule has 1 atom stereocenters. The van der Waals surface area contributed by atoms with E-state index < -0.39 is 0 Å². The van der Waals surface area contributed by atoms with Crippen LogP contribution in [0.5, 0.6) is 0 Å². The second kappa shape index (κ2) is 3.98. The second-order valence-electron chi connectivity index (χ2n) is 4.00. The molecule has 0 saturated carbocycles. The van der Waals surface area contributed by atoms with Crippen molar-refractivity contribution < 1.29 is 0 Å². The van der Waals surface area contributed by atoms with Crippen molar-refractivity contribution in [2.75, 3.05) is 0 Å². The minimum atomic E-state index is 0.206. The summed E-state index contributed by atoms with van der Waals surface area (Å²) >= 11 is 0. The molecule has 0 aliphatic carbocycles. The summed E-state index contributed by atoms with van der Waals surface area (Å²) in [6.45, 7) is 4.04. The lowest BCUT2D eigenvalue weighted by Gasteiger charge is -1.99. The molecule has 80 valence electrons. The van der Waals surface area contributed by atoms with Crippen molar-refractivity contribution in [2.45, 2.75) is 32.7 Å². The van der Waals surface area contributed by atoms with E-state index in [1.807, 2.05) is 36.7 Å². The maximum absolute atomic E-state index is 5.70. The van der Waals surface area contributed by atoms with Crippen LogP contribution in [0.3, 0.4) is 0 Å². The van der Waals surface area contributed by atoms with Crippen LogP contribution in [-0.4, -0.2) is 20.6 Å². The minimum Gasteiger partial charge on any atom is -0.328 e. The summed E-state index contributed by atoms with van der Waals surface area (Å²) in [4.78, 5) is 4.48. The normalized spacial score (nSPS) is 13.3. The van der Waals surface area contributed by atoms with Crippen LogP contribution in [0.25, 0.3) is 5.65 Å². The lowest BCUT2D eigenvalue weighted by molar-refractivity contribution is 0.647. The van der Waals surface area contributed by atoms with Gasteiger partial charge < -0.3 is 5.73 Å². The zero-order chi connectivity index (χ0) is 10.8. The SMILES string of the molecule is Cc1cccn2nc(CCC(C)N)nc12. The van der Waals surface area contributed by atoms with E-state index in [0.29, 0.717) is 0 Å². The van der Waals surface area contributed by atoms with Gasteiger partial charge in [0, 0.05) is 18.7 Å². The fourth-order valence-electron chi connectivity index (χ4n) is 1.55. The molecule has 4 heteroatoms. The third-order valence-corrected chi connectivity index (χ3v) is 2.42. The molecule has 0 spiro atoms. The van der Waals surface area contributed by atoms with E-state index in [9.17, 15) is 0 Å². The quantitative estimate of drug-likeness (QED) is 0.820. The minimum absolute atomic E-state index is 0.206. The van der Waals surface area contributed by atoms with Crippen molar-refractivity contribution in [3.8, 4) is 0 Å². The summed E-state index contributed by atoms with van der Waals surface area (Å²) in [5, 5.41) is 4.40. The average molecular weight is 204 g/mol. The predicted molar refractivity (Wildman–Crippen MR) is 59.7 cm³/mol. The van der Waals surface area contributed by atoms with Crippen LogP contribution in [0.2, 0.25) is 0 Å². The van der Waals surface area contributed by atoms with Gasteiger partial charge in [-0.1, -0.05) is 6.07 Å². The van der Waals surface area contributed by atoms with Gasteiger partial charge in [-0.2, -0.15) is 5.10 Å². The van der Waals surface area contributed by atoms with E-state index in [1.165, 1.54) is 0 Å². The zero-order valence-electron chi connectivity index (χ0n) is 9.14. The number of hydrogen-bond acceptors (Lipinski definition) is 3. The van der Waals surface area contributed by atoms with Gasteiger partial charge in [0.05, 0.1) is 0 Å². The predicted octanol–water partition coefficient (Wildman–Crippen LogP) is 1.32. The summed E-state index contributed by atoms with van der Waals surface area (Å²) < 4.78 is 1.83. The first kappa shape index (κ1) is 10.1. The van der Waals surface area contributed by atoms with E-state index in [1.54, 1.807) is 0 Å². The first-order valence-electron chi connectivity index (χ1n) is 5.23. The topological polar surface area (TPSA) is 56.2 Å². The van der Waals surface area contributed by atoms with Crippen LogP contribution in [0.15, 0.2) is 18.3 Å². The van der Waals surface area contributed by atoms with E-state index in [4.69, 9.17) is 5.73 Å². The van der Waals surface area contributed by atoms with Gasteiger partial charge in [0.1, 0.15) is 0 Å². The zero-order valence-corrected chi connectivity index (χ0v) is 9.14. The Morgan fingerprint density at radius 1 is 1.53 bits per heavy atom. The lowest BCUT2D eigenvalue weighted by atomic mass is 10.2. The van der Waals surface area contributed by atoms with Crippen LogP contribution in [-0.2, 0) is 6.42 Å². The molecule has 0 aliphatic heterocycles. The van der Waals surface area contributed by atoms with Crippen LogP contribution < -0.4 is 5.73 Å². The van der Waals surface area contributed by atoms with Crippen LogP contribution in [0, 0.1) is 6.92 Å². The van der Waals surface area contributed by atoms with Crippen LogP contribution in [0.4, 0.5) is 0 Å². The maximum atomic E-state index is 5.70. The highest BCUT2D eigenvalue weighted by Gasteiger charge is 2.05. The highest BCUT2D eigenvalue weighted by Crippen LogP contribution is 2.08. The molecule has 0 aromatic carbocycles. The number of rotatable bonds is 3. The molecule has 0 bridgehead atoms. The third kappa shape index (κ3) is 2.15. The van der Waals surface area contributed by atoms with Crippen molar-refractivity contribution in [3.63, 3.8) is 0 Å². The molecule has 2 rings (SSSR count). The van der Waals surface area contributed by atoms with Gasteiger partial charge in [-0.05, 0) is 31.9 Å². The Bertz CT molecular complexity index is 459. The molecule has 4 nitrogen and oxygen atoms in total. The van der Waals surface area contributed by atoms with Gasteiger partial charge in [0.25, 0.3) is 0 Å². The van der Waals surface area contributed by atoms with Crippen molar-refractivity contribution in [1.82, 2.24) is 14.6 Å². The van der Waals surface area contributed by atoms with Crippen molar-refractivity contribution in [3.05, 3.63) is 29.7 Å². The molecular formula is C11H16N4.